The average molecular weight is 309 g/mol. The minimum Gasteiger partial charge on any atom is -0.477 e. The molecule has 5 nitrogen and oxygen atoms in total. The van der Waals surface area contributed by atoms with Crippen molar-refractivity contribution in [3.8, 4) is 0 Å². The number of aliphatic carboxylic acids is 1. The number of anilines is 1. The van der Waals surface area contributed by atoms with Gasteiger partial charge in [0.05, 0.1) is 12.2 Å². The fourth-order valence-corrected chi connectivity index (χ4v) is 1.90. The highest BCUT2D eigenvalue weighted by atomic mass is 32.2. The van der Waals surface area contributed by atoms with Crippen LogP contribution in [-0.2, 0) is 14.3 Å². The number of carboxylic acid groups (broad SMARTS) is 1. The number of carboxylic acids is 1. The third kappa shape index (κ3) is 5.91. The van der Waals surface area contributed by atoms with Crippen LogP contribution in [0.5, 0.6) is 0 Å². The number of carbonyl (C=O) groups is 2. The summed E-state index contributed by atoms with van der Waals surface area (Å²) in [6, 6.07) is 7.26. The quantitative estimate of drug-likeness (QED) is 0.458. The predicted molar refractivity (Wildman–Crippen MR) is 83.4 cm³/mol. The molecule has 0 aliphatic heterocycles. The van der Waals surface area contributed by atoms with E-state index in [1.807, 2.05) is 25.3 Å². The number of esters is 1. The molecule has 0 heterocycles. The molecule has 0 saturated carbocycles. The largest absolute Gasteiger partial charge is 0.477 e. The number of rotatable bonds is 7. The van der Waals surface area contributed by atoms with Gasteiger partial charge in [0.15, 0.2) is 0 Å². The van der Waals surface area contributed by atoms with E-state index in [1.54, 1.807) is 30.8 Å². The highest BCUT2D eigenvalue weighted by molar-refractivity contribution is 7.98. The molecule has 0 spiro atoms. The third-order valence-corrected chi connectivity index (χ3v) is 3.46. The Morgan fingerprint density at radius 1 is 1.48 bits per heavy atom. The van der Waals surface area contributed by atoms with Crippen LogP contribution in [-0.4, -0.2) is 29.4 Å². The number of nitrogens with one attached hydrogen (secondary N) is 1. The van der Waals surface area contributed by atoms with Gasteiger partial charge in [-0.05, 0) is 37.8 Å². The fourth-order valence-electron chi connectivity index (χ4n) is 1.44. The second-order valence-electron chi connectivity index (χ2n) is 4.38. The Labute approximate surface area is 128 Å². The van der Waals surface area contributed by atoms with Gasteiger partial charge in [0.25, 0.3) is 0 Å². The van der Waals surface area contributed by atoms with Gasteiger partial charge < -0.3 is 15.2 Å². The van der Waals surface area contributed by atoms with Crippen molar-refractivity contribution < 1.29 is 19.4 Å². The summed E-state index contributed by atoms with van der Waals surface area (Å²) in [5, 5.41) is 11.9. The van der Waals surface area contributed by atoms with Crippen molar-refractivity contribution in [2.45, 2.75) is 31.3 Å². The molecule has 1 atom stereocenters. The van der Waals surface area contributed by atoms with Crippen molar-refractivity contribution in [1.29, 1.82) is 0 Å². The Balaban J connectivity index is 2.86. The summed E-state index contributed by atoms with van der Waals surface area (Å²) in [6.45, 7) is 3.63. The molecule has 2 N–H and O–H groups in total. The van der Waals surface area contributed by atoms with Gasteiger partial charge in [0.1, 0.15) is 5.70 Å². The van der Waals surface area contributed by atoms with E-state index in [4.69, 9.17) is 9.84 Å². The molecule has 0 bridgehead atoms. The van der Waals surface area contributed by atoms with Crippen LogP contribution in [0.4, 0.5) is 5.69 Å². The smallest absolute Gasteiger partial charge is 0.352 e. The number of hydrogen-bond donors (Lipinski definition) is 2. The molecule has 6 heteroatoms. The number of benzene rings is 1. The topological polar surface area (TPSA) is 75.6 Å². The molecular formula is C15H19NO4S. The van der Waals surface area contributed by atoms with E-state index in [-0.39, 0.29) is 11.8 Å². The number of carbonyl (C=O) groups excluding carboxylic acids is 1. The molecule has 1 unspecified atom stereocenters. The van der Waals surface area contributed by atoms with Gasteiger partial charge in [-0.25, -0.2) is 9.59 Å². The van der Waals surface area contributed by atoms with Gasteiger partial charge in [-0.15, -0.1) is 11.8 Å². The van der Waals surface area contributed by atoms with Crippen LogP contribution in [0.25, 0.3) is 0 Å². The third-order valence-electron chi connectivity index (χ3n) is 2.73. The zero-order valence-corrected chi connectivity index (χ0v) is 13.1. The molecule has 0 aromatic heterocycles. The van der Waals surface area contributed by atoms with E-state index in [9.17, 15) is 9.59 Å². The first kappa shape index (κ1) is 17.1. The van der Waals surface area contributed by atoms with Crippen molar-refractivity contribution in [1.82, 2.24) is 0 Å². The second-order valence-corrected chi connectivity index (χ2v) is 5.26. The minimum atomic E-state index is -1.22. The zero-order valence-electron chi connectivity index (χ0n) is 12.3. The van der Waals surface area contributed by atoms with Crippen LogP contribution in [0.15, 0.2) is 40.9 Å². The predicted octanol–water partition coefficient (Wildman–Crippen LogP) is 3.13. The normalized spacial score (nSPS) is 12.6. The maximum Gasteiger partial charge on any atom is 0.352 e. The van der Waals surface area contributed by atoms with Crippen LogP contribution in [0.1, 0.15) is 20.3 Å². The molecule has 0 radical (unpaired) electrons. The molecule has 21 heavy (non-hydrogen) atoms. The van der Waals surface area contributed by atoms with Crippen molar-refractivity contribution in [2.24, 2.45) is 0 Å². The van der Waals surface area contributed by atoms with E-state index in [1.165, 1.54) is 0 Å². The summed E-state index contributed by atoms with van der Waals surface area (Å²) >= 11 is 1.55. The lowest BCUT2D eigenvalue weighted by Crippen LogP contribution is -2.17. The SMILES string of the molecule is CCC(C)OC(=O)C=C(Nc1cccc(SC)c1)C(=O)O. The summed E-state index contributed by atoms with van der Waals surface area (Å²) in [5.74, 6) is -1.89. The van der Waals surface area contributed by atoms with E-state index < -0.39 is 11.9 Å². The molecule has 0 fully saturated rings. The molecule has 0 aliphatic carbocycles. The summed E-state index contributed by atoms with van der Waals surface area (Å²) < 4.78 is 5.04. The first-order chi connectivity index (χ1) is 9.96. The highest BCUT2D eigenvalue weighted by Gasteiger charge is 2.13. The lowest BCUT2D eigenvalue weighted by Gasteiger charge is -2.11. The molecule has 0 saturated heterocycles. The monoisotopic (exact) mass is 309 g/mol. The van der Waals surface area contributed by atoms with E-state index in [0.29, 0.717) is 12.1 Å². The highest BCUT2D eigenvalue weighted by Crippen LogP contribution is 2.20. The summed E-state index contributed by atoms with van der Waals surface area (Å²) in [4.78, 5) is 23.8. The molecule has 1 aromatic rings. The summed E-state index contributed by atoms with van der Waals surface area (Å²) in [6.07, 6.45) is 3.31. The van der Waals surface area contributed by atoms with E-state index in [2.05, 4.69) is 5.32 Å². The average Bonchev–Trinajstić information content (AvgIpc) is 2.46. The number of thioether (sulfide) groups is 1. The van der Waals surface area contributed by atoms with Gasteiger partial charge in [-0.1, -0.05) is 13.0 Å². The van der Waals surface area contributed by atoms with Crippen LogP contribution in [0.2, 0.25) is 0 Å². The van der Waals surface area contributed by atoms with Crippen molar-refractivity contribution in [2.75, 3.05) is 11.6 Å². The van der Waals surface area contributed by atoms with Gasteiger partial charge in [0, 0.05) is 10.6 Å². The van der Waals surface area contributed by atoms with Gasteiger partial charge >= 0.3 is 11.9 Å². The summed E-state index contributed by atoms with van der Waals surface area (Å²) in [5.41, 5.74) is 0.383. The van der Waals surface area contributed by atoms with Crippen molar-refractivity contribution >= 4 is 29.4 Å². The standard InChI is InChI=1S/C15H19NO4S/c1-4-10(2)20-14(17)9-13(15(18)19)16-11-6-5-7-12(8-11)21-3/h5-10,16H,4H2,1-3H3,(H,18,19). The van der Waals surface area contributed by atoms with Crippen LogP contribution in [0, 0.1) is 0 Å². The van der Waals surface area contributed by atoms with Gasteiger partial charge in [-0.2, -0.15) is 0 Å². The Morgan fingerprint density at radius 3 is 2.76 bits per heavy atom. The van der Waals surface area contributed by atoms with Crippen LogP contribution in [0.3, 0.4) is 0 Å². The van der Waals surface area contributed by atoms with Gasteiger partial charge in [0.2, 0.25) is 0 Å². The molecule has 0 aliphatic rings. The first-order valence-electron chi connectivity index (χ1n) is 6.53. The molecule has 1 aromatic carbocycles. The van der Waals surface area contributed by atoms with Crippen LogP contribution >= 0.6 is 11.8 Å². The lowest BCUT2D eigenvalue weighted by molar-refractivity contribution is -0.143. The maximum atomic E-state index is 11.6. The first-order valence-corrected chi connectivity index (χ1v) is 7.75. The second kappa shape index (κ2) is 8.36. The zero-order chi connectivity index (χ0) is 15.8. The summed E-state index contributed by atoms with van der Waals surface area (Å²) in [7, 11) is 0. The Hall–Kier alpha value is -1.95. The molecule has 0 amide bonds. The maximum absolute atomic E-state index is 11.6. The molecular weight excluding hydrogens is 290 g/mol. The Kier molecular flexibility index (Phi) is 6.81. The van der Waals surface area contributed by atoms with E-state index >= 15 is 0 Å². The Morgan fingerprint density at radius 2 is 2.19 bits per heavy atom. The number of hydrogen-bond acceptors (Lipinski definition) is 5. The minimum absolute atomic E-state index is 0.221. The van der Waals surface area contributed by atoms with Crippen molar-refractivity contribution in [3.63, 3.8) is 0 Å². The van der Waals surface area contributed by atoms with Crippen LogP contribution < -0.4 is 5.32 Å². The fraction of sp³-hybridized carbons (Fsp3) is 0.333. The molecule has 114 valence electrons. The lowest BCUT2D eigenvalue weighted by atomic mass is 10.3. The number of ether oxygens (including phenoxy) is 1. The molecule has 1 rings (SSSR count). The Bertz CT molecular complexity index is 542. The van der Waals surface area contributed by atoms with Crippen molar-refractivity contribution in [3.05, 3.63) is 36.0 Å². The van der Waals surface area contributed by atoms with Gasteiger partial charge in [-0.3, -0.25) is 0 Å². The van der Waals surface area contributed by atoms with E-state index in [0.717, 1.165) is 11.0 Å².